The van der Waals surface area contributed by atoms with Gasteiger partial charge in [-0.25, -0.2) is 14.4 Å². The van der Waals surface area contributed by atoms with Gasteiger partial charge >= 0.3 is 24.1 Å². The zero-order valence-corrected chi connectivity index (χ0v) is 19.2. The number of ether oxygens (including phenoxy) is 1. The molecule has 34 heavy (non-hydrogen) atoms. The molecule has 1 saturated heterocycles. The maximum Gasteiger partial charge on any atom is 0.490 e. The molecule has 0 aromatic heterocycles. The van der Waals surface area contributed by atoms with E-state index in [1.54, 1.807) is 32.9 Å². The van der Waals surface area contributed by atoms with Gasteiger partial charge in [-0.3, -0.25) is 9.69 Å². The number of aliphatic carboxylic acids is 1. The molecule has 0 radical (unpaired) electrons. The van der Waals surface area contributed by atoms with Gasteiger partial charge in [0, 0.05) is 5.75 Å². The SMILES string of the molecule is CC(C)(C)OC(=O)C1=C(Cc2ccc(C(=O)O)cc2)CS[C@@H]2[C@H](N)C(=O)N12.O=C(O)C(F)(F)F. The van der Waals surface area contributed by atoms with Crippen molar-refractivity contribution in [3.05, 3.63) is 46.7 Å². The molecule has 186 valence electrons. The number of esters is 1. The Morgan fingerprint density at radius 2 is 1.68 bits per heavy atom. The van der Waals surface area contributed by atoms with Gasteiger partial charge in [0.05, 0.1) is 5.56 Å². The lowest BCUT2D eigenvalue weighted by Crippen LogP contribution is -2.68. The van der Waals surface area contributed by atoms with Gasteiger partial charge in [-0.15, -0.1) is 11.8 Å². The number of rotatable bonds is 4. The number of carbonyl (C=O) groups is 4. The minimum absolute atomic E-state index is 0.196. The van der Waals surface area contributed by atoms with Crippen molar-refractivity contribution in [2.45, 2.75) is 50.4 Å². The quantitative estimate of drug-likeness (QED) is 0.415. The predicted molar refractivity (Wildman–Crippen MR) is 115 cm³/mol. The number of hydrogen-bond acceptors (Lipinski definition) is 7. The van der Waals surface area contributed by atoms with E-state index in [1.807, 2.05) is 0 Å². The van der Waals surface area contributed by atoms with Crippen molar-refractivity contribution >= 4 is 35.6 Å². The van der Waals surface area contributed by atoms with Gasteiger partial charge in [-0.05, 0) is 50.5 Å². The molecule has 3 rings (SSSR count). The van der Waals surface area contributed by atoms with E-state index in [4.69, 9.17) is 25.5 Å². The van der Waals surface area contributed by atoms with E-state index in [9.17, 15) is 27.6 Å². The maximum absolute atomic E-state index is 12.8. The number of nitrogens with zero attached hydrogens (tertiary/aromatic N) is 1. The number of carboxylic acid groups (broad SMARTS) is 2. The third-order valence-electron chi connectivity index (χ3n) is 4.54. The molecule has 4 N–H and O–H groups in total. The first-order valence-electron chi connectivity index (χ1n) is 9.81. The molecule has 2 heterocycles. The predicted octanol–water partition coefficient (Wildman–Crippen LogP) is 2.40. The summed E-state index contributed by atoms with van der Waals surface area (Å²) in [6, 6.07) is 5.86. The Balaban J connectivity index is 0.000000509. The highest BCUT2D eigenvalue weighted by Crippen LogP contribution is 2.41. The number of aromatic carboxylic acids is 1. The fourth-order valence-electron chi connectivity index (χ4n) is 3.04. The van der Waals surface area contributed by atoms with E-state index in [2.05, 4.69) is 0 Å². The summed E-state index contributed by atoms with van der Waals surface area (Å²) in [4.78, 5) is 46.4. The summed E-state index contributed by atoms with van der Waals surface area (Å²) in [5.41, 5.74) is 7.27. The summed E-state index contributed by atoms with van der Waals surface area (Å²) < 4.78 is 37.2. The first-order chi connectivity index (χ1) is 15.5. The van der Waals surface area contributed by atoms with Crippen LogP contribution < -0.4 is 5.73 Å². The highest BCUT2D eigenvalue weighted by molar-refractivity contribution is 8.00. The molecule has 1 aromatic rings. The zero-order chi connectivity index (χ0) is 26.0. The molecule has 9 nitrogen and oxygen atoms in total. The molecule has 0 aliphatic carbocycles. The number of carboxylic acids is 2. The number of fused-ring (bicyclic) bond motifs is 1. The maximum atomic E-state index is 12.8. The number of amides is 1. The van der Waals surface area contributed by atoms with Gasteiger partial charge in [-0.1, -0.05) is 12.1 Å². The Labute approximate surface area is 196 Å². The lowest BCUT2D eigenvalue weighted by molar-refractivity contribution is -0.192. The Hall–Kier alpha value is -3.06. The van der Waals surface area contributed by atoms with Crippen LogP contribution in [-0.4, -0.2) is 67.9 Å². The van der Waals surface area contributed by atoms with Crippen LogP contribution in [0.5, 0.6) is 0 Å². The molecule has 0 unspecified atom stereocenters. The summed E-state index contributed by atoms with van der Waals surface area (Å²) >= 11 is 1.52. The van der Waals surface area contributed by atoms with Crippen molar-refractivity contribution in [2.24, 2.45) is 5.73 Å². The Kier molecular flexibility index (Phi) is 8.04. The van der Waals surface area contributed by atoms with Crippen molar-refractivity contribution in [3.63, 3.8) is 0 Å². The van der Waals surface area contributed by atoms with Crippen LogP contribution in [0, 0.1) is 0 Å². The van der Waals surface area contributed by atoms with Crippen LogP contribution in [-0.2, 0) is 25.5 Å². The Morgan fingerprint density at radius 3 is 2.12 bits per heavy atom. The summed E-state index contributed by atoms with van der Waals surface area (Å²) in [7, 11) is 0. The Morgan fingerprint density at radius 1 is 1.15 bits per heavy atom. The number of hydrogen-bond donors (Lipinski definition) is 3. The molecule has 2 aliphatic rings. The number of benzene rings is 1. The second-order valence-electron chi connectivity index (χ2n) is 8.37. The minimum atomic E-state index is -5.08. The fraction of sp³-hybridized carbons (Fsp3) is 0.429. The smallest absolute Gasteiger partial charge is 0.478 e. The highest BCUT2D eigenvalue weighted by Gasteiger charge is 2.52. The second-order valence-corrected chi connectivity index (χ2v) is 9.48. The van der Waals surface area contributed by atoms with Gasteiger partial charge in [-0.2, -0.15) is 13.2 Å². The van der Waals surface area contributed by atoms with E-state index in [1.165, 1.54) is 28.8 Å². The van der Waals surface area contributed by atoms with Crippen molar-refractivity contribution in [3.8, 4) is 0 Å². The van der Waals surface area contributed by atoms with Crippen LogP contribution in [0.15, 0.2) is 35.5 Å². The van der Waals surface area contributed by atoms with Gasteiger partial charge in [0.25, 0.3) is 0 Å². The number of alkyl halides is 3. The summed E-state index contributed by atoms with van der Waals surface area (Å²) in [5, 5.41) is 15.9. The lowest BCUT2D eigenvalue weighted by atomic mass is 9.98. The molecule has 0 spiro atoms. The van der Waals surface area contributed by atoms with Crippen LogP contribution in [0.25, 0.3) is 0 Å². The average molecular weight is 504 g/mol. The fourth-order valence-corrected chi connectivity index (χ4v) is 4.34. The summed E-state index contributed by atoms with van der Waals surface area (Å²) in [6.45, 7) is 5.32. The monoisotopic (exact) mass is 504 g/mol. The number of nitrogens with two attached hydrogens (primary N) is 1. The first kappa shape index (κ1) is 27.2. The molecule has 1 amide bonds. The summed E-state index contributed by atoms with van der Waals surface area (Å²) in [6.07, 6.45) is -4.66. The van der Waals surface area contributed by atoms with Crippen molar-refractivity contribution in [1.29, 1.82) is 0 Å². The molecule has 2 atom stereocenters. The molecular formula is C21H23F3N2O7S. The molecule has 13 heteroatoms. The third-order valence-corrected chi connectivity index (χ3v) is 5.90. The van der Waals surface area contributed by atoms with Crippen LogP contribution in [0.4, 0.5) is 13.2 Å². The molecule has 2 aliphatic heterocycles. The van der Waals surface area contributed by atoms with E-state index >= 15 is 0 Å². The van der Waals surface area contributed by atoms with Gasteiger partial charge in [0.15, 0.2) is 0 Å². The van der Waals surface area contributed by atoms with Crippen molar-refractivity contribution < 1.29 is 47.3 Å². The molecule has 1 fully saturated rings. The molecule has 0 bridgehead atoms. The standard InChI is InChI=1S/C19H22N2O5S.C2HF3O2/c1-19(2,3)26-18(25)14-12(9-27-16-13(20)15(22)21(14)16)8-10-4-6-11(7-5-10)17(23)24;3-2(4,5)1(6)7/h4-7,13,16H,8-9,20H2,1-3H3,(H,23,24);(H,6,7)/t13-,16-;/m1./s1. The van der Waals surface area contributed by atoms with Gasteiger partial charge in [0.1, 0.15) is 22.7 Å². The van der Waals surface area contributed by atoms with Crippen LogP contribution in [0.2, 0.25) is 0 Å². The topological polar surface area (TPSA) is 147 Å². The second kappa shape index (κ2) is 10.1. The van der Waals surface area contributed by atoms with E-state index in [0.29, 0.717) is 12.2 Å². The third kappa shape index (κ3) is 6.50. The van der Waals surface area contributed by atoms with Gasteiger partial charge < -0.3 is 20.7 Å². The van der Waals surface area contributed by atoms with Crippen molar-refractivity contribution in [1.82, 2.24) is 4.90 Å². The number of β-lactam (4-membered cyclic amide) rings is 1. The van der Waals surface area contributed by atoms with Gasteiger partial charge in [0.2, 0.25) is 5.91 Å². The van der Waals surface area contributed by atoms with Crippen LogP contribution in [0.1, 0.15) is 36.7 Å². The normalized spacial score (nSPS) is 20.0. The number of carbonyl (C=O) groups excluding carboxylic acids is 2. The van der Waals surface area contributed by atoms with Crippen LogP contribution in [0.3, 0.4) is 0 Å². The Bertz CT molecular complexity index is 1020. The van der Waals surface area contributed by atoms with E-state index < -0.39 is 35.7 Å². The van der Waals surface area contributed by atoms with E-state index in [0.717, 1.165) is 11.1 Å². The largest absolute Gasteiger partial charge is 0.490 e. The average Bonchev–Trinajstić information content (AvgIpc) is 2.71. The minimum Gasteiger partial charge on any atom is -0.478 e. The lowest BCUT2D eigenvalue weighted by Gasteiger charge is -2.48. The zero-order valence-electron chi connectivity index (χ0n) is 18.4. The number of halogens is 3. The van der Waals surface area contributed by atoms with Crippen LogP contribution >= 0.6 is 11.8 Å². The molecular weight excluding hydrogens is 481 g/mol. The highest BCUT2D eigenvalue weighted by atomic mass is 32.2. The molecule has 0 saturated carbocycles. The molecule has 1 aromatic carbocycles. The summed E-state index contributed by atoms with van der Waals surface area (Å²) in [5.74, 6) is -4.02. The van der Waals surface area contributed by atoms with Crippen molar-refractivity contribution in [2.75, 3.05) is 5.75 Å². The number of thioether (sulfide) groups is 1. The van der Waals surface area contributed by atoms with E-state index in [-0.39, 0.29) is 22.5 Å². The first-order valence-corrected chi connectivity index (χ1v) is 10.9.